The highest BCUT2D eigenvalue weighted by atomic mass is 16.5. The van der Waals surface area contributed by atoms with Crippen LogP contribution in [0.1, 0.15) is 12.8 Å². The van der Waals surface area contributed by atoms with Crippen molar-refractivity contribution in [2.75, 3.05) is 13.7 Å². The standard InChI is InChI=1S/C7H12N2O/c1-10-7-4-6(2-3-8)9-5-7/h6-7,9H,2,4-5H2,1H3. The van der Waals surface area contributed by atoms with Gasteiger partial charge in [0, 0.05) is 19.7 Å². The second kappa shape index (κ2) is 3.55. The molecule has 0 bridgehead atoms. The molecule has 0 aromatic heterocycles. The number of rotatable bonds is 2. The molecule has 1 aliphatic rings. The van der Waals surface area contributed by atoms with E-state index in [9.17, 15) is 0 Å². The van der Waals surface area contributed by atoms with Crippen LogP contribution in [0.2, 0.25) is 0 Å². The smallest absolute Gasteiger partial charge is 0.0710 e. The molecule has 1 fully saturated rings. The molecule has 0 amide bonds. The monoisotopic (exact) mass is 140 g/mol. The third kappa shape index (κ3) is 1.69. The predicted molar refractivity (Wildman–Crippen MR) is 37.4 cm³/mol. The largest absolute Gasteiger partial charge is 0.380 e. The topological polar surface area (TPSA) is 45.0 Å². The molecule has 0 aliphatic carbocycles. The molecule has 3 nitrogen and oxygen atoms in total. The Morgan fingerprint density at radius 2 is 2.60 bits per heavy atom. The highest BCUT2D eigenvalue weighted by Crippen LogP contribution is 2.11. The zero-order valence-corrected chi connectivity index (χ0v) is 6.13. The summed E-state index contributed by atoms with van der Waals surface area (Å²) in [5.74, 6) is 0. The maximum Gasteiger partial charge on any atom is 0.0710 e. The Morgan fingerprint density at radius 3 is 3.10 bits per heavy atom. The maximum absolute atomic E-state index is 8.35. The first-order chi connectivity index (χ1) is 4.86. The minimum atomic E-state index is 0.318. The lowest BCUT2D eigenvalue weighted by atomic mass is 10.1. The lowest BCUT2D eigenvalue weighted by molar-refractivity contribution is 0.117. The van der Waals surface area contributed by atoms with E-state index in [-0.39, 0.29) is 0 Å². The van der Waals surface area contributed by atoms with Crippen LogP contribution in [-0.2, 0) is 4.74 Å². The second-order valence-corrected chi connectivity index (χ2v) is 2.56. The van der Waals surface area contributed by atoms with E-state index in [1.807, 2.05) is 0 Å². The summed E-state index contributed by atoms with van der Waals surface area (Å²) in [6.07, 6.45) is 1.89. The summed E-state index contributed by atoms with van der Waals surface area (Å²) in [4.78, 5) is 0. The molecule has 0 aromatic rings. The lowest BCUT2D eigenvalue weighted by Gasteiger charge is -2.04. The van der Waals surface area contributed by atoms with E-state index >= 15 is 0 Å². The predicted octanol–water partition coefficient (Wildman–Crippen LogP) is 0.277. The molecular formula is C7H12N2O. The van der Waals surface area contributed by atoms with Crippen molar-refractivity contribution in [3.05, 3.63) is 0 Å². The van der Waals surface area contributed by atoms with Crippen LogP contribution in [0.5, 0.6) is 0 Å². The van der Waals surface area contributed by atoms with Crippen LogP contribution in [-0.4, -0.2) is 25.8 Å². The van der Waals surface area contributed by atoms with Gasteiger partial charge >= 0.3 is 0 Å². The fourth-order valence-corrected chi connectivity index (χ4v) is 1.23. The number of nitrogens with zero attached hydrogens (tertiary/aromatic N) is 1. The first kappa shape index (κ1) is 7.52. The quantitative estimate of drug-likeness (QED) is 0.599. The molecule has 0 spiro atoms. The molecule has 56 valence electrons. The van der Waals surface area contributed by atoms with Crippen molar-refractivity contribution in [3.63, 3.8) is 0 Å². The summed E-state index contributed by atoms with van der Waals surface area (Å²) in [6.45, 7) is 0.892. The van der Waals surface area contributed by atoms with Crippen molar-refractivity contribution in [3.8, 4) is 6.07 Å². The van der Waals surface area contributed by atoms with Crippen LogP contribution in [0, 0.1) is 11.3 Å². The third-order valence-electron chi connectivity index (χ3n) is 1.85. The van der Waals surface area contributed by atoms with E-state index in [1.54, 1.807) is 7.11 Å². The molecule has 2 atom stereocenters. The summed E-state index contributed by atoms with van der Waals surface area (Å²) in [7, 11) is 1.71. The second-order valence-electron chi connectivity index (χ2n) is 2.56. The summed E-state index contributed by atoms with van der Waals surface area (Å²) in [5.41, 5.74) is 0. The molecule has 2 unspecified atom stereocenters. The van der Waals surface area contributed by atoms with Gasteiger partial charge in [0.25, 0.3) is 0 Å². The van der Waals surface area contributed by atoms with Crippen molar-refractivity contribution in [1.29, 1.82) is 5.26 Å². The van der Waals surface area contributed by atoms with Crippen LogP contribution in [0.15, 0.2) is 0 Å². The highest BCUT2D eigenvalue weighted by molar-refractivity contribution is 4.88. The molecule has 0 aromatic carbocycles. The van der Waals surface area contributed by atoms with E-state index in [2.05, 4.69) is 11.4 Å². The Kier molecular flexibility index (Phi) is 2.67. The van der Waals surface area contributed by atoms with Gasteiger partial charge in [-0.25, -0.2) is 0 Å². The Bertz CT molecular complexity index is 141. The van der Waals surface area contributed by atoms with E-state index in [0.717, 1.165) is 13.0 Å². The van der Waals surface area contributed by atoms with Crippen molar-refractivity contribution < 1.29 is 4.74 Å². The summed E-state index contributed by atoms with van der Waals surface area (Å²) >= 11 is 0. The van der Waals surface area contributed by atoms with Gasteiger partial charge in [0.1, 0.15) is 0 Å². The molecule has 10 heavy (non-hydrogen) atoms. The van der Waals surface area contributed by atoms with Gasteiger partial charge in [0.05, 0.1) is 18.6 Å². The minimum Gasteiger partial charge on any atom is -0.380 e. The number of methoxy groups -OCH3 is 1. The number of hydrogen-bond acceptors (Lipinski definition) is 3. The molecule has 1 N–H and O–H groups in total. The van der Waals surface area contributed by atoms with Gasteiger partial charge < -0.3 is 10.1 Å². The fourth-order valence-electron chi connectivity index (χ4n) is 1.23. The number of hydrogen-bond donors (Lipinski definition) is 1. The van der Waals surface area contributed by atoms with Crippen molar-refractivity contribution in [2.24, 2.45) is 0 Å². The highest BCUT2D eigenvalue weighted by Gasteiger charge is 2.22. The molecule has 1 heterocycles. The summed E-state index contributed by atoms with van der Waals surface area (Å²) < 4.78 is 5.12. The van der Waals surface area contributed by atoms with Gasteiger partial charge in [-0.05, 0) is 6.42 Å². The molecule has 0 saturated carbocycles. The van der Waals surface area contributed by atoms with Gasteiger partial charge in [-0.1, -0.05) is 0 Å². The zero-order valence-electron chi connectivity index (χ0n) is 6.13. The number of nitriles is 1. The molecule has 1 aliphatic heterocycles. The van der Waals surface area contributed by atoms with Crippen LogP contribution >= 0.6 is 0 Å². The van der Waals surface area contributed by atoms with Crippen LogP contribution < -0.4 is 5.32 Å². The Balaban J connectivity index is 2.23. The molecule has 1 rings (SSSR count). The van der Waals surface area contributed by atoms with Gasteiger partial charge in [-0.15, -0.1) is 0 Å². The van der Waals surface area contributed by atoms with Crippen LogP contribution in [0.25, 0.3) is 0 Å². The number of nitrogens with one attached hydrogen (secondary N) is 1. The zero-order chi connectivity index (χ0) is 7.40. The fraction of sp³-hybridized carbons (Fsp3) is 0.857. The number of ether oxygens (including phenoxy) is 1. The molecule has 3 heteroatoms. The average molecular weight is 140 g/mol. The molecule has 1 saturated heterocycles. The maximum atomic E-state index is 8.35. The molecular weight excluding hydrogens is 128 g/mol. The average Bonchev–Trinajstić information content (AvgIpc) is 2.37. The Morgan fingerprint density at radius 1 is 1.80 bits per heavy atom. The Hall–Kier alpha value is -0.590. The first-order valence-corrected chi connectivity index (χ1v) is 3.50. The van der Waals surface area contributed by atoms with Gasteiger partial charge in [0.15, 0.2) is 0 Å². The van der Waals surface area contributed by atoms with Crippen LogP contribution in [0.4, 0.5) is 0 Å². The summed E-state index contributed by atoms with van der Waals surface area (Å²) in [6, 6.07) is 2.49. The van der Waals surface area contributed by atoms with Crippen LogP contribution in [0.3, 0.4) is 0 Å². The van der Waals surface area contributed by atoms with E-state index in [4.69, 9.17) is 10.00 Å². The normalized spacial score (nSPS) is 32.0. The van der Waals surface area contributed by atoms with Crippen molar-refractivity contribution >= 4 is 0 Å². The van der Waals surface area contributed by atoms with E-state index < -0.39 is 0 Å². The summed E-state index contributed by atoms with van der Waals surface area (Å²) in [5, 5.41) is 11.6. The SMILES string of the molecule is COC1CNC(CC#N)C1. The van der Waals surface area contributed by atoms with Crippen molar-refractivity contribution in [1.82, 2.24) is 5.32 Å². The van der Waals surface area contributed by atoms with E-state index in [1.165, 1.54) is 0 Å². The Labute approximate surface area is 61.0 Å². The van der Waals surface area contributed by atoms with Gasteiger partial charge in [0.2, 0.25) is 0 Å². The molecule has 0 radical (unpaired) electrons. The first-order valence-electron chi connectivity index (χ1n) is 3.50. The third-order valence-corrected chi connectivity index (χ3v) is 1.85. The lowest BCUT2D eigenvalue weighted by Crippen LogP contribution is -2.20. The van der Waals surface area contributed by atoms with E-state index in [0.29, 0.717) is 18.6 Å². The van der Waals surface area contributed by atoms with Crippen molar-refractivity contribution in [2.45, 2.75) is 25.0 Å². The van der Waals surface area contributed by atoms with Gasteiger partial charge in [-0.2, -0.15) is 5.26 Å². The minimum absolute atomic E-state index is 0.318. The van der Waals surface area contributed by atoms with Gasteiger partial charge in [-0.3, -0.25) is 0 Å².